The highest BCUT2D eigenvalue weighted by molar-refractivity contribution is 7.19. The zero-order valence-electron chi connectivity index (χ0n) is 20.9. The number of likely N-dealkylation sites (N-methyl/N-ethyl adjacent to an activating group) is 1. The summed E-state index contributed by atoms with van der Waals surface area (Å²) >= 11 is 1.70. The van der Waals surface area contributed by atoms with Crippen molar-refractivity contribution >= 4 is 49.9 Å². The van der Waals surface area contributed by atoms with Crippen molar-refractivity contribution in [2.24, 2.45) is 5.92 Å². The van der Waals surface area contributed by atoms with Crippen LogP contribution in [0, 0.1) is 5.92 Å². The summed E-state index contributed by atoms with van der Waals surface area (Å²) in [6.07, 6.45) is 5.94. The number of H-pyrrole nitrogens is 1. The minimum Gasteiger partial charge on any atom is -0.489 e. The predicted octanol–water partition coefficient (Wildman–Crippen LogP) is 3.98. The van der Waals surface area contributed by atoms with Crippen molar-refractivity contribution in [3.8, 4) is 5.75 Å². The van der Waals surface area contributed by atoms with Gasteiger partial charge in [0.25, 0.3) is 0 Å². The quantitative estimate of drug-likeness (QED) is 0.423. The second-order valence-electron chi connectivity index (χ2n) is 10.1. The highest BCUT2D eigenvalue weighted by Gasteiger charge is 2.32. The number of aryl methyl sites for hydroxylation is 1. The average Bonchev–Trinajstić information content (AvgIpc) is 3.47. The molecule has 188 valence electrons. The van der Waals surface area contributed by atoms with Crippen LogP contribution in [-0.2, 0) is 17.6 Å². The molecule has 1 unspecified atom stereocenters. The van der Waals surface area contributed by atoms with Gasteiger partial charge in [0.2, 0.25) is 5.91 Å². The summed E-state index contributed by atoms with van der Waals surface area (Å²) in [6.45, 7) is 7.57. The van der Waals surface area contributed by atoms with Crippen molar-refractivity contribution in [2.45, 2.75) is 39.2 Å². The van der Waals surface area contributed by atoms with Crippen LogP contribution in [0.2, 0.25) is 0 Å². The molecule has 1 atom stereocenters. The largest absolute Gasteiger partial charge is 0.489 e. The van der Waals surface area contributed by atoms with Gasteiger partial charge in [-0.2, -0.15) is 5.10 Å². The number of piperazine rings is 1. The molecule has 0 bridgehead atoms. The molecule has 0 saturated carbocycles. The molecular formula is C26H31N7O2S. The van der Waals surface area contributed by atoms with Crippen molar-refractivity contribution in [1.29, 1.82) is 0 Å². The number of carbonyl (C=O) groups excluding carboxylic acids is 1. The molecule has 36 heavy (non-hydrogen) atoms. The third-order valence-electron chi connectivity index (χ3n) is 7.17. The first-order valence-electron chi connectivity index (χ1n) is 12.6. The van der Waals surface area contributed by atoms with E-state index in [4.69, 9.17) is 4.74 Å². The first kappa shape index (κ1) is 23.2. The van der Waals surface area contributed by atoms with Crippen LogP contribution in [-0.4, -0.2) is 75.2 Å². The molecule has 2 aliphatic rings. The van der Waals surface area contributed by atoms with Crippen molar-refractivity contribution in [3.05, 3.63) is 35.1 Å². The summed E-state index contributed by atoms with van der Waals surface area (Å²) in [6, 6.07) is 4.01. The molecule has 10 heteroatoms. The Balaban J connectivity index is 1.30. The Labute approximate surface area is 213 Å². The van der Waals surface area contributed by atoms with Gasteiger partial charge in [-0.3, -0.25) is 9.89 Å². The van der Waals surface area contributed by atoms with Gasteiger partial charge in [-0.25, -0.2) is 9.97 Å². The molecule has 1 aromatic carbocycles. The van der Waals surface area contributed by atoms with Gasteiger partial charge in [0, 0.05) is 48.4 Å². The average molecular weight is 506 g/mol. The number of hydrogen-bond acceptors (Lipinski definition) is 8. The van der Waals surface area contributed by atoms with Gasteiger partial charge in [0.05, 0.1) is 28.9 Å². The summed E-state index contributed by atoms with van der Waals surface area (Å²) in [5.41, 5.74) is 3.04. The second-order valence-corrected chi connectivity index (χ2v) is 11.2. The lowest BCUT2D eigenvalue weighted by atomic mass is 9.86. The van der Waals surface area contributed by atoms with Gasteiger partial charge < -0.3 is 19.9 Å². The summed E-state index contributed by atoms with van der Waals surface area (Å²) in [5.74, 6) is 1.88. The van der Waals surface area contributed by atoms with Crippen molar-refractivity contribution in [3.63, 3.8) is 0 Å². The standard InChI is InChI=1S/C26H31N7O2S/c1-15(2)35-21-12-19-17(13-29-31-19)10-20(21)30-24-23-18-5-4-16(11-22(18)36-25(23)28-14-27-24)26(34)33-8-6-32(3)7-9-33/h10,12-16H,4-9,11H2,1-3H3,(H,29,31)(H,27,28,30). The molecule has 0 spiro atoms. The zero-order valence-corrected chi connectivity index (χ0v) is 21.7. The maximum absolute atomic E-state index is 13.3. The van der Waals surface area contributed by atoms with Gasteiger partial charge in [-0.15, -0.1) is 11.3 Å². The number of carbonyl (C=O) groups is 1. The molecule has 4 aromatic rings. The number of amides is 1. The number of aromatic nitrogens is 4. The fourth-order valence-electron chi connectivity index (χ4n) is 5.25. The fraction of sp³-hybridized carbons (Fsp3) is 0.462. The number of fused-ring (bicyclic) bond motifs is 4. The van der Waals surface area contributed by atoms with E-state index in [-0.39, 0.29) is 12.0 Å². The molecule has 1 fully saturated rings. The molecule has 2 N–H and O–H groups in total. The minimum absolute atomic E-state index is 0.0278. The normalized spacial score (nSPS) is 18.7. The molecule has 9 nitrogen and oxygen atoms in total. The maximum atomic E-state index is 13.3. The summed E-state index contributed by atoms with van der Waals surface area (Å²) in [7, 11) is 2.11. The number of thiophene rings is 1. The van der Waals surface area contributed by atoms with E-state index in [9.17, 15) is 4.79 Å². The van der Waals surface area contributed by atoms with Crippen LogP contribution >= 0.6 is 11.3 Å². The third-order valence-corrected chi connectivity index (χ3v) is 8.33. The van der Waals surface area contributed by atoms with Crippen LogP contribution < -0.4 is 10.1 Å². The van der Waals surface area contributed by atoms with Crippen LogP contribution in [0.5, 0.6) is 5.75 Å². The zero-order chi connectivity index (χ0) is 24.8. The summed E-state index contributed by atoms with van der Waals surface area (Å²) < 4.78 is 6.11. The molecule has 1 aliphatic carbocycles. The minimum atomic E-state index is 0.0278. The van der Waals surface area contributed by atoms with E-state index < -0.39 is 0 Å². The number of ether oxygens (including phenoxy) is 1. The highest BCUT2D eigenvalue weighted by atomic mass is 32.1. The number of benzene rings is 1. The van der Waals surface area contributed by atoms with Crippen LogP contribution in [0.1, 0.15) is 30.7 Å². The SMILES string of the molecule is CC(C)Oc1cc2[nH]ncc2cc1Nc1ncnc2sc3c(c12)CCC(C(=O)N1CCN(C)CC1)C3. The van der Waals surface area contributed by atoms with Crippen LogP contribution in [0.3, 0.4) is 0 Å². The number of rotatable bonds is 5. The van der Waals surface area contributed by atoms with Gasteiger partial charge in [-0.05, 0) is 51.8 Å². The molecule has 0 radical (unpaired) electrons. The van der Waals surface area contributed by atoms with Gasteiger partial charge >= 0.3 is 0 Å². The molecule has 1 amide bonds. The summed E-state index contributed by atoms with van der Waals surface area (Å²) in [5, 5.41) is 12.8. The first-order valence-corrected chi connectivity index (χ1v) is 13.4. The molecule has 4 heterocycles. The number of hydrogen-bond donors (Lipinski definition) is 2. The Morgan fingerprint density at radius 1 is 1.22 bits per heavy atom. The smallest absolute Gasteiger partial charge is 0.226 e. The molecule has 1 aliphatic heterocycles. The fourth-order valence-corrected chi connectivity index (χ4v) is 6.52. The van der Waals surface area contributed by atoms with E-state index in [1.807, 2.05) is 26.0 Å². The van der Waals surface area contributed by atoms with Crippen LogP contribution in [0.4, 0.5) is 11.5 Å². The summed E-state index contributed by atoms with van der Waals surface area (Å²) in [4.78, 5) is 29.0. The maximum Gasteiger partial charge on any atom is 0.226 e. The highest BCUT2D eigenvalue weighted by Crippen LogP contribution is 2.42. The van der Waals surface area contributed by atoms with Crippen molar-refractivity contribution < 1.29 is 9.53 Å². The van der Waals surface area contributed by atoms with E-state index in [0.29, 0.717) is 5.91 Å². The number of anilines is 2. The Morgan fingerprint density at radius 2 is 2.06 bits per heavy atom. The van der Waals surface area contributed by atoms with Gasteiger partial charge in [0.15, 0.2) is 0 Å². The molecular weight excluding hydrogens is 474 g/mol. The third kappa shape index (κ3) is 4.28. The molecule has 6 rings (SSSR count). The van der Waals surface area contributed by atoms with Crippen LogP contribution in [0.15, 0.2) is 24.7 Å². The lowest BCUT2D eigenvalue weighted by molar-refractivity contribution is -0.137. The second kappa shape index (κ2) is 9.33. The topological polar surface area (TPSA) is 99.3 Å². The van der Waals surface area contributed by atoms with Crippen molar-refractivity contribution in [2.75, 3.05) is 38.5 Å². The Kier molecular flexibility index (Phi) is 6.00. The van der Waals surface area contributed by atoms with Crippen LogP contribution in [0.25, 0.3) is 21.1 Å². The Morgan fingerprint density at radius 3 is 2.86 bits per heavy atom. The van der Waals surface area contributed by atoms with E-state index in [0.717, 1.165) is 83.8 Å². The molecule has 1 saturated heterocycles. The molecule has 3 aromatic heterocycles. The Bertz CT molecular complexity index is 1420. The Hall–Kier alpha value is -3.24. The number of nitrogens with one attached hydrogen (secondary N) is 2. The van der Waals surface area contributed by atoms with E-state index >= 15 is 0 Å². The monoisotopic (exact) mass is 505 g/mol. The van der Waals surface area contributed by atoms with Crippen molar-refractivity contribution in [1.82, 2.24) is 30.0 Å². The number of nitrogens with zero attached hydrogens (tertiary/aromatic N) is 5. The van der Waals surface area contributed by atoms with E-state index in [1.165, 1.54) is 10.4 Å². The van der Waals surface area contributed by atoms with E-state index in [1.54, 1.807) is 23.9 Å². The lowest BCUT2D eigenvalue weighted by Crippen LogP contribution is -2.49. The van der Waals surface area contributed by atoms with E-state index in [2.05, 4.69) is 42.3 Å². The predicted molar refractivity (Wildman–Crippen MR) is 142 cm³/mol. The lowest BCUT2D eigenvalue weighted by Gasteiger charge is -2.35. The van der Waals surface area contributed by atoms with Gasteiger partial charge in [-0.1, -0.05) is 0 Å². The van der Waals surface area contributed by atoms with Gasteiger partial charge in [0.1, 0.15) is 22.7 Å². The first-order chi connectivity index (χ1) is 17.5. The number of aromatic amines is 1.